The van der Waals surface area contributed by atoms with Crippen molar-refractivity contribution < 1.29 is 8.42 Å². The molecule has 2 rings (SSSR count). The molecule has 1 aromatic heterocycles. The summed E-state index contributed by atoms with van der Waals surface area (Å²) in [6.45, 7) is 0.151. The Morgan fingerprint density at radius 2 is 1.80 bits per heavy atom. The average molecular weight is 372 g/mol. The highest BCUT2D eigenvalue weighted by Gasteiger charge is 2.23. The molecular formula is C11H9Cl3N2O2S2. The normalized spacial score (nSPS) is 12.1. The number of thiazole rings is 1. The molecule has 0 fully saturated rings. The smallest absolute Gasteiger partial charge is 0.232 e. The number of hydrogen-bond donors (Lipinski definition) is 0. The van der Waals surface area contributed by atoms with E-state index in [9.17, 15) is 8.42 Å². The second-order valence-corrected chi connectivity index (χ2v) is 8.73. The van der Waals surface area contributed by atoms with E-state index in [1.165, 1.54) is 17.5 Å². The Kier molecular flexibility index (Phi) is 4.94. The molecule has 0 spiro atoms. The van der Waals surface area contributed by atoms with Crippen LogP contribution in [0.25, 0.3) is 0 Å². The first-order valence-corrected chi connectivity index (χ1v) is 8.71. The van der Waals surface area contributed by atoms with Crippen molar-refractivity contribution in [3.63, 3.8) is 0 Å². The minimum Gasteiger partial charge on any atom is -0.232 e. The van der Waals surface area contributed by atoms with E-state index in [1.54, 1.807) is 18.2 Å². The van der Waals surface area contributed by atoms with Crippen LogP contribution in [0.2, 0.25) is 14.5 Å². The first kappa shape index (κ1) is 16.0. The maximum absolute atomic E-state index is 12.3. The molecule has 0 unspecified atom stereocenters. The molecule has 0 aliphatic heterocycles. The van der Waals surface area contributed by atoms with Gasteiger partial charge in [0.05, 0.1) is 6.20 Å². The molecule has 4 nitrogen and oxygen atoms in total. The molecule has 9 heteroatoms. The van der Waals surface area contributed by atoms with Crippen LogP contribution in [-0.2, 0) is 16.6 Å². The van der Waals surface area contributed by atoms with Gasteiger partial charge < -0.3 is 0 Å². The molecule has 0 amide bonds. The summed E-state index contributed by atoms with van der Waals surface area (Å²) in [6, 6.07) is 4.92. The highest BCUT2D eigenvalue weighted by molar-refractivity contribution is 7.91. The van der Waals surface area contributed by atoms with Gasteiger partial charge in [-0.25, -0.2) is 13.4 Å². The Balaban J connectivity index is 2.25. The van der Waals surface area contributed by atoms with Crippen molar-refractivity contribution in [2.24, 2.45) is 0 Å². The van der Waals surface area contributed by atoms with Crippen LogP contribution in [0.15, 0.2) is 28.6 Å². The van der Waals surface area contributed by atoms with E-state index in [-0.39, 0.29) is 15.2 Å². The minimum atomic E-state index is -3.62. The van der Waals surface area contributed by atoms with Crippen LogP contribution in [0.5, 0.6) is 0 Å². The van der Waals surface area contributed by atoms with Crippen molar-refractivity contribution in [1.82, 2.24) is 9.29 Å². The fraction of sp³-hybridized carbons (Fsp3) is 0.182. The van der Waals surface area contributed by atoms with Gasteiger partial charge >= 0.3 is 0 Å². The van der Waals surface area contributed by atoms with E-state index in [0.29, 0.717) is 15.6 Å². The van der Waals surface area contributed by atoms with Crippen molar-refractivity contribution >= 4 is 56.2 Å². The lowest BCUT2D eigenvalue weighted by molar-refractivity contribution is 0.468. The third-order valence-corrected chi connectivity index (χ3v) is 6.24. The molecule has 0 bridgehead atoms. The topological polar surface area (TPSA) is 50.3 Å². The van der Waals surface area contributed by atoms with E-state index < -0.39 is 10.0 Å². The van der Waals surface area contributed by atoms with Crippen LogP contribution < -0.4 is 0 Å². The minimum absolute atomic E-state index is 0.0955. The summed E-state index contributed by atoms with van der Waals surface area (Å²) < 4.78 is 26.1. The van der Waals surface area contributed by atoms with Gasteiger partial charge in [0.15, 0.2) is 8.68 Å². The summed E-state index contributed by atoms with van der Waals surface area (Å²) in [6.07, 6.45) is 1.24. The van der Waals surface area contributed by atoms with E-state index in [1.807, 2.05) is 0 Å². The van der Waals surface area contributed by atoms with Crippen molar-refractivity contribution in [3.8, 4) is 0 Å². The van der Waals surface area contributed by atoms with Crippen LogP contribution in [0.4, 0.5) is 0 Å². The Hall–Kier alpha value is -0.370. The Morgan fingerprint density at radius 3 is 2.30 bits per heavy atom. The number of nitrogens with zero attached hydrogens (tertiary/aromatic N) is 2. The highest BCUT2D eigenvalue weighted by Crippen LogP contribution is 2.26. The largest absolute Gasteiger partial charge is 0.254 e. The molecule has 108 valence electrons. The summed E-state index contributed by atoms with van der Waals surface area (Å²) >= 11 is 18.4. The van der Waals surface area contributed by atoms with Gasteiger partial charge in [-0.2, -0.15) is 4.31 Å². The molecule has 1 heterocycles. The summed E-state index contributed by atoms with van der Waals surface area (Å²) in [5.41, 5.74) is 0.698. The summed E-state index contributed by atoms with van der Waals surface area (Å²) in [4.78, 5) is 3.74. The molecule has 0 aliphatic rings. The molecule has 2 aromatic rings. The summed E-state index contributed by atoms with van der Waals surface area (Å²) in [5, 5.41) is 0.915. The van der Waals surface area contributed by atoms with Gasteiger partial charge in [-0.3, -0.25) is 0 Å². The second kappa shape index (κ2) is 6.17. The molecular weight excluding hydrogens is 363 g/mol. The fourth-order valence-corrected chi connectivity index (χ4v) is 4.79. The van der Waals surface area contributed by atoms with Crippen molar-refractivity contribution in [1.29, 1.82) is 0 Å². The monoisotopic (exact) mass is 370 g/mol. The van der Waals surface area contributed by atoms with Crippen LogP contribution in [0.1, 0.15) is 5.56 Å². The molecule has 0 radical (unpaired) electrons. The van der Waals surface area contributed by atoms with E-state index in [0.717, 1.165) is 11.3 Å². The van der Waals surface area contributed by atoms with Crippen molar-refractivity contribution in [2.75, 3.05) is 7.05 Å². The standard InChI is InChI=1S/C11H9Cl3N2O2S2/c1-16(6-7-2-8(12)4-9(13)3-7)20(17,18)10-5-15-11(14)19-10/h2-5H,6H2,1H3. The number of rotatable bonds is 4. The summed E-state index contributed by atoms with van der Waals surface area (Å²) in [5.74, 6) is 0. The molecule has 0 aliphatic carbocycles. The third-order valence-electron chi connectivity index (χ3n) is 2.45. The van der Waals surface area contributed by atoms with Crippen molar-refractivity contribution in [3.05, 3.63) is 44.5 Å². The van der Waals surface area contributed by atoms with Crippen LogP contribution in [-0.4, -0.2) is 24.8 Å². The number of aromatic nitrogens is 1. The number of sulfonamides is 1. The number of halogens is 3. The van der Waals surface area contributed by atoms with Gasteiger partial charge in [-0.15, -0.1) is 0 Å². The predicted octanol–water partition coefficient (Wildman–Crippen LogP) is 3.92. The fourth-order valence-electron chi connectivity index (χ4n) is 1.56. The zero-order valence-corrected chi connectivity index (χ0v) is 14.1. The Labute approximate surface area is 136 Å². The first-order valence-electron chi connectivity index (χ1n) is 5.31. The lowest BCUT2D eigenvalue weighted by Crippen LogP contribution is -2.25. The van der Waals surface area contributed by atoms with E-state index in [2.05, 4.69) is 4.98 Å². The highest BCUT2D eigenvalue weighted by atomic mass is 35.5. The number of benzene rings is 1. The first-order chi connectivity index (χ1) is 9.29. The van der Waals surface area contributed by atoms with Crippen LogP contribution in [0, 0.1) is 0 Å². The maximum atomic E-state index is 12.3. The number of hydrogen-bond acceptors (Lipinski definition) is 4. The third kappa shape index (κ3) is 3.63. The van der Waals surface area contributed by atoms with Gasteiger partial charge in [0.2, 0.25) is 0 Å². The van der Waals surface area contributed by atoms with Gasteiger partial charge in [-0.1, -0.05) is 46.1 Å². The van der Waals surface area contributed by atoms with Crippen LogP contribution in [0.3, 0.4) is 0 Å². The lowest BCUT2D eigenvalue weighted by atomic mass is 10.2. The molecule has 1 aromatic carbocycles. The zero-order chi connectivity index (χ0) is 14.9. The van der Waals surface area contributed by atoms with Gasteiger partial charge in [0, 0.05) is 23.6 Å². The maximum Gasteiger partial charge on any atom is 0.254 e. The average Bonchev–Trinajstić information content (AvgIpc) is 2.75. The molecule has 0 saturated carbocycles. The van der Waals surface area contributed by atoms with E-state index >= 15 is 0 Å². The van der Waals surface area contributed by atoms with Crippen molar-refractivity contribution in [2.45, 2.75) is 10.8 Å². The summed E-state index contributed by atoms with van der Waals surface area (Å²) in [7, 11) is -2.15. The molecule has 20 heavy (non-hydrogen) atoms. The van der Waals surface area contributed by atoms with Gasteiger partial charge in [0.1, 0.15) is 0 Å². The van der Waals surface area contributed by atoms with E-state index in [4.69, 9.17) is 34.8 Å². The Bertz CT molecular complexity index is 711. The molecule has 0 N–H and O–H groups in total. The quantitative estimate of drug-likeness (QED) is 0.818. The lowest BCUT2D eigenvalue weighted by Gasteiger charge is -2.16. The predicted molar refractivity (Wildman–Crippen MR) is 82.2 cm³/mol. The molecule has 0 atom stereocenters. The van der Waals surface area contributed by atoms with Gasteiger partial charge in [-0.05, 0) is 23.8 Å². The SMILES string of the molecule is CN(Cc1cc(Cl)cc(Cl)c1)S(=O)(=O)c1cnc(Cl)s1. The second-order valence-electron chi connectivity index (χ2n) is 3.97. The zero-order valence-electron chi connectivity index (χ0n) is 10.2. The Morgan fingerprint density at radius 1 is 1.20 bits per heavy atom. The molecule has 0 saturated heterocycles. The van der Waals surface area contributed by atoms with Crippen LogP contribution >= 0.6 is 46.1 Å². The van der Waals surface area contributed by atoms with Gasteiger partial charge in [0.25, 0.3) is 10.0 Å².